The molecule has 0 aliphatic heterocycles. The van der Waals surface area contributed by atoms with Gasteiger partial charge in [-0.15, -0.1) is 11.3 Å². The summed E-state index contributed by atoms with van der Waals surface area (Å²) in [6.07, 6.45) is 2.06. The Labute approximate surface area is 119 Å². The third-order valence-corrected chi connectivity index (χ3v) is 3.60. The van der Waals surface area contributed by atoms with Gasteiger partial charge in [0.25, 0.3) is 0 Å². The molecular weight excluding hydrogens is 291 g/mol. The average molecular weight is 299 g/mol. The van der Waals surface area contributed by atoms with E-state index in [4.69, 9.17) is 33.2 Å². The molecule has 0 fully saturated rings. The molecule has 0 radical (unpaired) electrons. The normalized spacial score (nSPS) is 10.1. The molecule has 0 saturated heterocycles. The number of nitriles is 1. The molecular formula is C12H8Cl2N2OS. The predicted molar refractivity (Wildman–Crippen MR) is 72.2 cm³/mol. The Kier molecular flexibility index (Phi) is 4.43. The van der Waals surface area contributed by atoms with E-state index in [-0.39, 0.29) is 0 Å². The van der Waals surface area contributed by atoms with Gasteiger partial charge in [-0.05, 0) is 18.2 Å². The maximum atomic E-state index is 8.57. The number of hydrogen-bond acceptors (Lipinski definition) is 4. The molecule has 0 bridgehead atoms. The Hall–Kier alpha value is -1.28. The van der Waals surface area contributed by atoms with Crippen molar-refractivity contribution in [1.82, 2.24) is 4.98 Å². The van der Waals surface area contributed by atoms with Gasteiger partial charge >= 0.3 is 0 Å². The quantitative estimate of drug-likeness (QED) is 0.854. The monoisotopic (exact) mass is 298 g/mol. The van der Waals surface area contributed by atoms with Crippen LogP contribution < -0.4 is 4.74 Å². The number of halogens is 2. The highest BCUT2D eigenvalue weighted by Crippen LogP contribution is 2.28. The van der Waals surface area contributed by atoms with Crippen molar-refractivity contribution >= 4 is 34.5 Å². The van der Waals surface area contributed by atoms with E-state index in [1.807, 2.05) is 0 Å². The molecule has 0 aliphatic carbocycles. The summed E-state index contributed by atoms with van der Waals surface area (Å²) in [5, 5.41) is 10.4. The van der Waals surface area contributed by atoms with Gasteiger partial charge in [0, 0.05) is 16.1 Å². The predicted octanol–water partition coefficient (Wildman–Crippen LogP) is 4.09. The Morgan fingerprint density at radius 3 is 2.94 bits per heavy atom. The fourth-order valence-electron chi connectivity index (χ4n) is 1.31. The third-order valence-electron chi connectivity index (χ3n) is 2.10. The standard InChI is InChI=1S/C12H8Cl2N2OS/c13-8-1-2-11(10(14)5-8)17-7-12-16-6-9(18-12)3-4-15/h1-2,5-6H,3,7H2. The van der Waals surface area contributed by atoms with Crippen molar-refractivity contribution in [3.05, 3.63) is 44.3 Å². The lowest BCUT2D eigenvalue weighted by molar-refractivity contribution is 0.306. The van der Waals surface area contributed by atoms with Crippen molar-refractivity contribution in [2.24, 2.45) is 0 Å². The van der Waals surface area contributed by atoms with Crippen molar-refractivity contribution in [3.63, 3.8) is 0 Å². The van der Waals surface area contributed by atoms with E-state index in [0.717, 1.165) is 9.88 Å². The first-order valence-corrected chi connectivity index (χ1v) is 6.64. The van der Waals surface area contributed by atoms with Gasteiger partial charge in [-0.1, -0.05) is 23.2 Å². The van der Waals surface area contributed by atoms with Gasteiger partial charge in [0.05, 0.1) is 17.5 Å². The molecule has 1 aromatic carbocycles. The van der Waals surface area contributed by atoms with E-state index >= 15 is 0 Å². The minimum absolute atomic E-state index is 0.331. The summed E-state index contributed by atoms with van der Waals surface area (Å²) < 4.78 is 5.54. The second-order valence-electron chi connectivity index (χ2n) is 3.42. The molecule has 1 heterocycles. The molecule has 0 saturated carbocycles. The van der Waals surface area contributed by atoms with E-state index in [1.54, 1.807) is 24.4 Å². The molecule has 1 aromatic heterocycles. The summed E-state index contributed by atoms with van der Waals surface area (Å²) in [6, 6.07) is 7.14. The van der Waals surface area contributed by atoms with E-state index in [1.165, 1.54) is 11.3 Å². The number of hydrogen-bond donors (Lipinski definition) is 0. The van der Waals surface area contributed by atoms with Crippen LogP contribution in [-0.2, 0) is 13.0 Å². The highest BCUT2D eigenvalue weighted by Gasteiger charge is 2.05. The number of rotatable bonds is 4. The number of nitrogens with zero attached hydrogens (tertiary/aromatic N) is 2. The van der Waals surface area contributed by atoms with E-state index < -0.39 is 0 Å². The van der Waals surface area contributed by atoms with E-state index in [0.29, 0.717) is 28.8 Å². The van der Waals surface area contributed by atoms with Crippen LogP contribution in [0.25, 0.3) is 0 Å². The molecule has 0 spiro atoms. The summed E-state index contributed by atoms with van der Waals surface area (Å²) in [6.45, 7) is 0.331. The van der Waals surface area contributed by atoms with Gasteiger partial charge in [0.2, 0.25) is 0 Å². The number of aromatic nitrogens is 1. The van der Waals surface area contributed by atoms with Crippen LogP contribution in [0.5, 0.6) is 5.75 Å². The van der Waals surface area contributed by atoms with Crippen molar-refractivity contribution in [3.8, 4) is 11.8 Å². The lowest BCUT2D eigenvalue weighted by Crippen LogP contribution is -1.94. The molecule has 0 N–H and O–H groups in total. The van der Waals surface area contributed by atoms with Gasteiger partial charge in [-0.2, -0.15) is 5.26 Å². The Morgan fingerprint density at radius 1 is 1.39 bits per heavy atom. The topological polar surface area (TPSA) is 45.9 Å². The summed E-state index contributed by atoms with van der Waals surface area (Å²) in [5.41, 5.74) is 0. The Balaban J connectivity index is 2.00. The zero-order valence-electron chi connectivity index (χ0n) is 9.19. The van der Waals surface area contributed by atoms with Gasteiger partial charge in [0.1, 0.15) is 17.4 Å². The minimum atomic E-state index is 0.331. The van der Waals surface area contributed by atoms with Crippen LogP contribution in [-0.4, -0.2) is 4.98 Å². The maximum absolute atomic E-state index is 8.57. The molecule has 0 amide bonds. The number of ether oxygens (including phenoxy) is 1. The smallest absolute Gasteiger partial charge is 0.140 e. The molecule has 0 unspecified atom stereocenters. The molecule has 0 aliphatic rings. The lowest BCUT2D eigenvalue weighted by atomic mass is 10.3. The molecule has 6 heteroatoms. The van der Waals surface area contributed by atoms with Gasteiger partial charge < -0.3 is 4.74 Å². The molecule has 92 valence electrons. The fraction of sp³-hybridized carbons (Fsp3) is 0.167. The average Bonchev–Trinajstić information content (AvgIpc) is 2.76. The second kappa shape index (κ2) is 6.05. The van der Waals surface area contributed by atoms with Gasteiger partial charge in [0.15, 0.2) is 0 Å². The van der Waals surface area contributed by atoms with Crippen molar-refractivity contribution in [1.29, 1.82) is 5.26 Å². The van der Waals surface area contributed by atoms with E-state index in [2.05, 4.69) is 11.1 Å². The highest BCUT2D eigenvalue weighted by molar-refractivity contribution is 7.11. The molecule has 18 heavy (non-hydrogen) atoms. The van der Waals surface area contributed by atoms with Crippen LogP contribution in [0.1, 0.15) is 9.88 Å². The number of benzene rings is 1. The molecule has 3 nitrogen and oxygen atoms in total. The fourth-order valence-corrected chi connectivity index (χ4v) is 2.54. The van der Waals surface area contributed by atoms with Gasteiger partial charge in [-0.25, -0.2) is 4.98 Å². The van der Waals surface area contributed by atoms with Crippen LogP contribution in [0.15, 0.2) is 24.4 Å². The third kappa shape index (κ3) is 3.36. The first-order valence-electron chi connectivity index (χ1n) is 5.07. The zero-order valence-corrected chi connectivity index (χ0v) is 11.5. The van der Waals surface area contributed by atoms with Crippen molar-refractivity contribution in [2.75, 3.05) is 0 Å². The van der Waals surface area contributed by atoms with Crippen LogP contribution >= 0.6 is 34.5 Å². The summed E-state index contributed by atoms with van der Waals surface area (Å²) in [4.78, 5) is 5.10. The van der Waals surface area contributed by atoms with Gasteiger partial charge in [-0.3, -0.25) is 0 Å². The van der Waals surface area contributed by atoms with Crippen LogP contribution in [0.4, 0.5) is 0 Å². The molecule has 2 rings (SSSR count). The summed E-state index contributed by atoms with van der Waals surface area (Å²) in [5.74, 6) is 0.568. The molecule has 2 aromatic rings. The first kappa shape index (κ1) is 13.2. The van der Waals surface area contributed by atoms with Crippen LogP contribution in [0.3, 0.4) is 0 Å². The maximum Gasteiger partial charge on any atom is 0.140 e. The highest BCUT2D eigenvalue weighted by atomic mass is 35.5. The van der Waals surface area contributed by atoms with Crippen molar-refractivity contribution in [2.45, 2.75) is 13.0 Å². The zero-order chi connectivity index (χ0) is 13.0. The first-order chi connectivity index (χ1) is 8.69. The van der Waals surface area contributed by atoms with Crippen LogP contribution in [0, 0.1) is 11.3 Å². The molecule has 0 atom stereocenters. The second-order valence-corrected chi connectivity index (χ2v) is 5.46. The van der Waals surface area contributed by atoms with E-state index in [9.17, 15) is 0 Å². The van der Waals surface area contributed by atoms with Crippen LogP contribution in [0.2, 0.25) is 10.0 Å². The van der Waals surface area contributed by atoms with Crippen molar-refractivity contribution < 1.29 is 4.74 Å². The largest absolute Gasteiger partial charge is 0.485 e. The Morgan fingerprint density at radius 2 is 2.22 bits per heavy atom. The SMILES string of the molecule is N#CCc1cnc(COc2ccc(Cl)cc2Cl)s1. The summed E-state index contributed by atoms with van der Waals surface area (Å²) in [7, 11) is 0. The Bertz CT molecular complexity index is 592. The summed E-state index contributed by atoms with van der Waals surface area (Å²) >= 11 is 13.2. The lowest BCUT2D eigenvalue weighted by Gasteiger charge is -2.06. The minimum Gasteiger partial charge on any atom is -0.485 e. The number of thiazole rings is 1.